The third-order valence-corrected chi connectivity index (χ3v) is 4.66. The van der Waals surface area contributed by atoms with Gasteiger partial charge in [0.2, 0.25) is 11.8 Å². The van der Waals surface area contributed by atoms with Gasteiger partial charge in [-0.3, -0.25) is 9.59 Å². The first-order valence-electron chi connectivity index (χ1n) is 8.56. The monoisotopic (exact) mass is 374 g/mol. The van der Waals surface area contributed by atoms with Gasteiger partial charge in [0.1, 0.15) is 5.82 Å². The lowest BCUT2D eigenvalue weighted by atomic mass is 10.0. The Morgan fingerprint density at radius 2 is 1.65 bits per heavy atom. The minimum atomic E-state index is -0.478. The van der Waals surface area contributed by atoms with Crippen molar-refractivity contribution in [1.82, 2.24) is 5.32 Å². The molecule has 2 amide bonds. The second kappa shape index (κ2) is 10.6. The summed E-state index contributed by atoms with van der Waals surface area (Å²) in [5.74, 6) is -0.658. The average Bonchev–Trinajstić information content (AvgIpc) is 2.64. The number of hydrogen-bond donors (Lipinski definition) is 2. The fourth-order valence-corrected chi connectivity index (χ4v) is 3.15. The summed E-state index contributed by atoms with van der Waals surface area (Å²) in [4.78, 5) is 24.0. The predicted octanol–water partition coefficient (Wildman–Crippen LogP) is 4.16. The van der Waals surface area contributed by atoms with Crippen LogP contribution in [0, 0.1) is 5.82 Å². The molecular weight excluding hydrogens is 351 g/mol. The van der Waals surface area contributed by atoms with Gasteiger partial charge in [-0.05, 0) is 24.1 Å². The van der Waals surface area contributed by atoms with Crippen molar-refractivity contribution in [2.45, 2.75) is 25.8 Å². The summed E-state index contributed by atoms with van der Waals surface area (Å²) in [5, 5.41) is 5.52. The number of para-hydroxylation sites is 1. The Morgan fingerprint density at radius 1 is 1.00 bits per heavy atom. The highest BCUT2D eigenvalue weighted by atomic mass is 32.2. The zero-order chi connectivity index (χ0) is 18.8. The van der Waals surface area contributed by atoms with E-state index in [1.54, 1.807) is 12.1 Å². The quantitative estimate of drug-likeness (QED) is 0.693. The van der Waals surface area contributed by atoms with Crippen molar-refractivity contribution in [3.05, 3.63) is 66.0 Å². The van der Waals surface area contributed by atoms with Gasteiger partial charge in [0.25, 0.3) is 0 Å². The molecule has 2 rings (SSSR count). The SMILES string of the molecule is CCCC(NC(=O)CSCC(=O)Nc1ccccc1F)c1ccccc1. The van der Waals surface area contributed by atoms with Crippen LogP contribution >= 0.6 is 11.8 Å². The molecule has 0 spiro atoms. The molecule has 1 atom stereocenters. The van der Waals surface area contributed by atoms with Crippen LogP contribution in [0.5, 0.6) is 0 Å². The normalized spacial score (nSPS) is 11.6. The van der Waals surface area contributed by atoms with Crippen LogP contribution in [-0.4, -0.2) is 23.3 Å². The van der Waals surface area contributed by atoms with Crippen LogP contribution < -0.4 is 10.6 Å². The summed E-state index contributed by atoms with van der Waals surface area (Å²) in [6.45, 7) is 2.07. The van der Waals surface area contributed by atoms with Gasteiger partial charge in [-0.1, -0.05) is 55.8 Å². The average molecular weight is 374 g/mol. The number of amides is 2. The summed E-state index contributed by atoms with van der Waals surface area (Å²) in [7, 11) is 0. The molecule has 0 bridgehead atoms. The van der Waals surface area contributed by atoms with Gasteiger partial charge in [-0.2, -0.15) is 0 Å². The minimum absolute atomic E-state index is 0.0264. The number of hydrogen-bond acceptors (Lipinski definition) is 3. The lowest BCUT2D eigenvalue weighted by molar-refractivity contribution is -0.119. The Bertz CT molecular complexity index is 725. The van der Waals surface area contributed by atoms with Gasteiger partial charge in [-0.25, -0.2) is 4.39 Å². The number of rotatable bonds is 9. The van der Waals surface area contributed by atoms with Gasteiger partial charge in [0.15, 0.2) is 0 Å². The molecule has 4 nitrogen and oxygen atoms in total. The maximum absolute atomic E-state index is 13.5. The molecule has 138 valence electrons. The molecule has 2 aromatic rings. The van der Waals surface area contributed by atoms with Crippen LogP contribution in [0.4, 0.5) is 10.1 Å². The van der Waals surface area contributed by atoms with Crippen molar-refractivity contribution < 1.29 is 14.0 Å². The molecule has 0 radical (unpaired) electrons. The first kappa shape index (κ1) is 20.0. The van der Waals surface area contributed by atoms with E-state index in [0.29, 0.717) is 0 Å². The van der Waals surface area contributed by atoms with E-state index >= 15 is 0 Å². The van der Waals surface area contributed by atoms with E-state index in [-0.39, 0.29) is 35.0 Å². The Morgan fingerprint density at radius 3 is 2.35 bits per heavy atom. The molecule has 0 aromatic heterocycles. The largest absolute Gasteiger partial charge is 0.349 e. The van der Waals surface area contributed by atoms with Crippen molar-refractivity contribution in [3.8, 4) is 0 Å². The Balaban J connectivity index is 1.77. The highest BCUT2D eigenvalue weighted by molar-refractivity contribution is 8.00. The summed E-state index contributed by atoms with van der Waals surface area (Å²) in [6, 6.07) is 15.8. The van der Waals surface area contributed by atoms with Crippen LogP contribution in [0.15, 0.2) is 54.6 Å². The zero-order valence-electron chi connectivity index (χ0n) is 14.7. The number of nitrogens with one attached hydrogen (secondary N) is 2. The number of anilines is 1. The zero-order valence-corrected chi connectivity index (χ0v) is 15.5. The second-order valence-electron chi connectivity index (χ2n) is 5.84. The molecule has 26 heavy (non-hydrogen) atoms. The third-order valence-electron chi connectivity index (χ3n) is 3.73. The molecular formula is C20H23FN2O2S. The molecule has 2 N–H and O–H groups in total. The van der Waals surface area contributed by atoms with Crippen LogP contribution in [0.1, 0.15) is 31.4 Å². The Hall–Kier alpha value is -2.34. The van der Waals surface area contributed by atoms with Crippen molar-refractivity contribution in [2.24, 2.45) is 0 Å². The van der Waals surface area contributed by atoms with E-state index < -0.39 is 5.82 Å². The first-order valence-corrected chi connectivity index (χ1v) is 9.72. The van der Waals surface area contributed by atoms with Crippen molar-refractivity contribution in [1.29, 1.82) is 0 Å². The highest BCUT2D eigenvalue weighted by Crippen LogP contribution is 2.18. The molecule has 6 heteroatoms. The Kier molecular flexibility index (Phi) is 8.15. The molecule has 2 aromatic carbocycles. The van der Waals surface area contributed by atoms with Gasteiger partial charge < -0.3 is 10.6 Å². The minimum Gasteiger partial charge on any atom is -0.349 e. The predicted molar refractivity (Wildman–Crippen MR) is 105 cm³/mol. The number of benzene rings is 2. The molecule has 0 fully saturated rings. The molecule has 0 saturated carbocycles. The van der Waals surface area contributed by atoms with E-state index in [0.717, 1.165) is 18.4 Å². The molecule has 0 aliphatic carbocycles. The standard InChI is InChI=1S/C20H23FN2O2S/c1-2-8-17(15-9-4-3-5-10-15)22-19(24)13-26-14-20(25)23-18-12-7-6-11-16(18)21/h3-7,9-12,17H,2,8,13-14H2,1H3,(H,22,24)(H,23,25). The number of carbonyl (C=O) groups is 2. The molecule has 1 unspecified atom stereocenters. The summed E-state index contributed by atoms with van der Waals surface area (Å²) < 4.78 is 13.5. The van der Waals surface area contributed by atoms with E-state index in [1.165, 1.54) is 23.9 Å². The van der Waals surface area contributed by atoms with Gasteiger partial charge >= 0.3 is 0 Å². The first-order chi connectivity index (χ1) is 12.6. The lowest BCUT2D eigenvalue weighted by Crippen LogP contribution is -2.30. The van der Waals surface area contributed by atoms with Gasteiger partial charge in [0, 0.05) is 0 Å². The lowest BCUT2D eigenvalue weighted by Gasteiger charge is -2.18. The number of thioether (sulfide) groups is 1. The topological polar surface area (TPSA) is 58.2 Å². The Labute approximate surface area is 157 Å². The van der Waals surface area contributed by atoms with Gasteiger partial charge in [0.05, 0.1) is 23.2 Å². The number of halogens is 1. The molecule has 0 aliphatic rings. The fraction of sp³-hybridized carbons (Fsp3) is 0.300. The van der Waals surface area contributed by atoms with Crippen LogP contribution in [0.3, 0.4) is 0 Å². The maximum Gasteiger partial charge on any atom is 0.234 e. The molecule has 0 saturated heterocycles. The molecule has 0 heterocycles. The van der Waals surface area contributed by atoms with Crippen molar-refractivity contribution in [3.63, 3.8) is 0 Å². The van der Waals surface area contributed by atoms with E-state index in [4.69, 9.17) is 0 Å². The molecule has 0 aliphatic heterocycles. The smallest absolute Gasteiger partial charge is 0.234 e. The maximum atomic E-state index is 13.5. The summed E-state index contributed by atoms with van der Waals surface area (Å²) in [5.41, 5.74) is 1.22. The third kappa shape index (κ3) is 6.52. The highest BCUT2D eigenvalue weighted by Gasteiger charge is 2.14. The summed E-state index contributed by atoms with van der Waals surface area (Å²) in [6.07, 6.45) is 1.81. The van der Waals surface area contributed by atoms with Crippen molar-refractivity contribution in [2.75, 3.05) is 16.8 Å². The van der Waals surface area contributed by atoms with E-state index in [2.05, 4.69) is 17.6 Å². The van der Waals surface area contributed by atoms with Crippen LogP contribution in [0.2, 0.25) is 0 Å². The van der Waals surface area contributed by atoms with E-state index in [9.17, 15) is 14.0 Å². The van der Waals surface area contributed by atoms with E-state index in [1.807, 2.05) is 30.3 Å². The second-order valence-corrected chi connectivity index (χ2v) is 6.83. The van der Waals surface area contributed by atoms with Gasteiger partial charge in [-0.15, -0.1) is 11.8 Å². The van der Waals surface area contributed by atoms with Crippen LogP contribution in [0.25, 0.3) is 0 Å². The van der Waals surface area contributed by atoms with Crippen LogP contribution in [-0.2, 0) is 9.59 Å². The summed E-state index contributed by atoms with van der Waals surface area (Å²) >= 11 is 1.20. The van der Waals surface area contributed by atoms with Crippen molar-refractivity contribution >= 4 is 29.3 Å². The number of carbonyl (C=O) groups excluding carboxylic acids is 2. The fourth-order valence-electron chi connectivity index (χ4n) is 2.52.